The first-order valence-electron chi connectivity index (χ1n) is 6.40. The van der Waals surface area contributed by atoms with E-state index in [1.807, 2.05) is 18.2 Å². The highest BCUT2D eigenvalue weighted by Crippen LogP contribution is 2.16. The van der Waals surface area contributed by atoms with Crippen LogP contribution in [0.15, 0.2) is 30.3 Å². The van der Waals surface area contributed by atoms with Gasteiger partial charge in [0.2, 0.25) is 5.91 Å². The Kier molecular flexibility index (Phi) is 3.92. The number of fused-ring (bicyclic) bond motifs is 1. The average molecular weight is 242 g/mol. The third kappa shape index (κ3) is 2.86. The molecule has 1 aromatic heterocycles. The standard InChI is InChI=1S/C15H18N2O/c1-2-3-4-5-13-8-6-11-10-12(15(16)18)7-9-14(11)17-13/h6-10H,2-5H2,1H3,(H2,16,18). The summed E-state index contributed by atoms with van der Waals surface area (Å²) in [5.41, 5.74) is 7.83. The molecule has 94 valence electrons. The molecule has 1 amide bonds. The van der Waals surface area contributed by atoms with E-state index in [9.17, 15) is 4.79 Å². The molecule has 0 aliphatic heterocycles. The van der Waals surface area contributed by atoms with Gasteiger partial charge < -0.3 is 5.73 Å². The van der Waals surface area contributed by atoms with Crippen molar-refractivity contribution in [3.8, 4) is 0 Å². The van der Waals surface area contributed by atoms with Gasteiger partial charge in [-0.05, 0) is 37.1 Å². The second-order valence-electron chi connectivity index (χ2n) is 4.53. The van der Waals surface area contributed by atoms with Gasteiger partial charge >= 0.3 is 0 Å². The molecule has 0 radical (unpaired) electrons. The second-order valence-corrected chi connectivity index (χ2v) is 4.53. The molecule has 0 unspecified atom stereocenters. The van der Waals surface area contributed by atoms with Gasteiger partial charge in [-0.25, -0.2) is 0 Å². The number of nitrogens with two attached hydrogens (primary N) is 1. The monoisotopic (exact) mass is 242 g/mol. The first-order valence-corrected chi connectivity index (χ1v) is 6.40. The summed E-state index contributed by atoms with van der Waals surface area (Å²) in [6, 6.07) is 9.42. The maximum atomic E-state index is 11.1. The molecule has 0 bridgehead atoms. The van der Waals surface area contributed by atoms with Crippen LogP contribution in [0.1, 0.15) is 42.2 Å². The minimum atomic E-state index is -0.399. The van der Waals surface area contributed by atoms with Crippen molar-refractivity contribution < 1.29 is 4.79 Å². The molecule has 2 aromatic rings. The summed E-state index contributed by atoms with van der Waals surface area (Å²) in [6.07, 6.45) is 4.64. The van der Waals surface area contributed by atoms with Crippen LogP contribution in [0, 0.1) is 0 Å². The van der Waals surface area contributed by atoms with Gasteiger partial charge in [0.15, 0.2) is 0 Å². The van der Waals surface area contributed by atoms with Crippen LogP contribution in [0.5, 0.6) is 0 Å². The van der Waals surface area contributed by atoms with E-state index in [4.69, 9.17) is 5.73 Å². The van der Waals surface area contributed by atoms with Gasteiger partial charge in [0.1, 0.15) is 0 Å². The first-order chi connectivity index (χ1) is 8.70. The van der Waals surface area contributed by atoms with Gasteiger partial charge in [0, 0.05) is 16.6 Å². The Labute approximate surface area is 107 Å². The molecule has 0 saturated carbocycles. The lowest BCUT2D eigenvalue weighted by Crippen LogP contribution is -2.10. The number of amides is 1. The number of nitrogens with zero attached hydrogens (tertiary/aromatic N) is 1. The number of pyridine rings is 1. The van der Waals surface area contributed by atoms with Crippen LogP contribution in [0.4, 0.5) is 0 Å². The Balaban J connectivity index is 2.24. The summed E-state index contributed by atoms with van der Waals surface area (Å²) >= 11 is 0. The van der Waals surface area contributed by atoms with Crippen LogP contribution in [0.2, 0.25) is 0 Å². The molecule has 1 aromatic carbocycles. The Bertz CT molecular complexity index is 563. The van der Waals surface area contributed by atoms with Crippen molar-refractivity contribution in [2.45, 2.75) is 32.6 Å². The van der Waals surface area contributed by atoms with Gasteiger partial charge in [-0.1, -0.05) is 25.8 Å². The van der Waals surface area contributed by atoms with Crippen molar-refractivity contribution in [2.75, 3.05) is 0 Å². The van der Waals surface area contributed by atoms with Crippen LogP contribution >= 0.6 is 0 Å². The lowest BCUT2D eigenvalue weighted by molar-refractivity contribution is 0.100. The molecule has 18 heavy (non-hydrogen) atoms. The van der Waals surface area contributed by atoms with E-state index in [1.54, 1.807) is 12.1 Å². The van der Waals surface area contributed by atoms with Crippen molar-refractivity contribution in [1.82, 2.24) is 4.98 Å². The second kappa shape index (κ2) is 5.63. The van der Waals surface area contributed by atoms with Crippen molar-refractivity contribution in [1.29, 1.82) is 0 Å². The van der Waals surface area contributed by atoms with Crippen molar-refractivity contribution in [3.63, 3.8) is 0 Å². The molecule has 3 heteroatoms. The lowest BCUT2D eigenvalue weighted by Gasteiger charge is -2.04. The molecule has 1 heterocycles. The summed E-state index contributed by atoms with van der Waals surface area (Å²) in [6.45, 7) is 2.19. The van der Waals surface area contributed by atoms with Crippen molar-refractivity contribution in [3.05, 3.63) is 41.6 Å². The number of primary amides is 1. The summed E-state index contributed by atoms with van der Waals surface area (Å²) in [5.74, 6) is -0.399. The summed E-state index contributed by atoms with van der Waals surface area (Å²) in [5, 5.41) is 0.963. The fourth-order valence-electron chi connectivity index (χ4n) is 2.02. The number of carbonyl (C=O) groups excluding carboxylic acids is 1. The average Bonchev–Trinajstić information content (AvgIpc) is 2.38. The maximum absolute atomic E-state index is 11.1. The molecule has 0 aliphatic rings. The highest BCUT2D eigenvalue weighted by molar-refractivity contribution is 5.96. The van der Waals surface area contributed by atoms with E-state index in [0.29, 0.717) is 5.56 Å². The van der Waals surface area contributed by atoms with Crippen LogP contribution in [0.25, 0.3) is 10.9 Å². The number of hydrogen-bond donors (Lipinski definition) is 1. The normalized spacial score (nSPS) is 10.7. The van der Waals surface area contributed by atoms with E-state index in [0.717, 1.165) is 23.0 Å². The molecule has 2 rings (SSSR count). The zero-order chi connectivity index (χ0) is 13.0. The topological polar surface area (TPSA) is 56.0 Å². The predicted octanol–water partition coefficient (Wildman–Crippen LogP) is 3.07. The van der Waals surface area contributed by atoms with Gasteiger partial charge in [-0.3, -0.25) is 9.78 Å². The third-order valence-corrected chi connectivity index (χ3v) is 3.07. The lowest BCUT2D eigenvalue weighted by atomic mass is 10.1. The molecule has 2 N–H and O–H groups in total. The summed E-state index contributed by atoms with van der Waals surface area (Å²) in [4.78, 5) is 15.7. The Hall–Kier alpha value is -1.90. The van der Waals surface area contributed by atoms with Crippen molar-refractivity contribution >= 4 is 16.8 Å². The zero-order valence-corrected chi connectivity index (χ0v) is 10.6. The highest BCUT2D eigenvalue weighted by Gasteiger charge is 2.03. The largest absolute Gasteiger partial charge is 0.366 e. The van der Waals surface area contributed by atoms with Crippen LogP contribution < -0.4 is 5.73 Å². The van der Waals surface area contributed by atoms with E-state index in [-0.39, 0.29) is 0 Å². The van der Waals surface area contributed by atoms with Crippen LogP contribution in [-0.2, 0) is 6.42 Å². The Morgan fingerprint density at radius 1 is 1.22 bits per heavy atom. The molecule has 3 nitrogen and oxygen atoms in total. The number of carbonyl (C=O) groups is 1. The smallest absolute Gasteiger partial charge is 0.248 e. The van der Waals surface area contributed by atoms with E-state index >= 15 is 0 Å². The fourth-order valence-corrected chi connectivity index (χ4v) is 2.02. The zero-order valence-electron chi connectivity index (χ0n) is 10.6. The third-order valence-electron chi connectivity index (χ3n) is 3.07. The van der Waals surface area contributed by atoms with Gasteiger partial charge in [0.05, 0.1) is 5.52 Å². The Morgan fingerprint density at radius 3 is 2.78 bits per heavy atom. The molecule has 0 spiro atoms. The van der Waals surface area contributed by atoms with E-state index in [2.05, 4.69) is 11.9 Å². The van der Waals surface area contributed by atoms with Gasteiger partial charge in [-0.2, -0.15) is 0 Å². The molecule has 0 saturated heterocycles. The minimum Gasteiger partial charge on any atom is -0.366 e. The van der Waals surface area contributed by atoms with E-state index in [1.165, 1.54) is 19.3 Å². The number of unbranched alkanes of at least 4 members (excludes halogenated alkanes) is 2. The number of hydrogen-bond acceptors (Lipinski definition) is 2. The first kappa shape index (κ1) is 12.6. The summed E-state index contributed by atoms with van der Waals surface area (Å²) in [7, 11) is 0. The molecule has 0 fully saturated rings. The molecule has 0 atom stereocenters. The maximum Gasteiger partial charge on any atom is 0.248 e. The number of benzene rings is 1. The summed E-state index contributed by atoms with van der Waals surface area (Å²) < 4.78 is 0. The SMILES string of the molecule is CCCCCc1ccc2cc(C(N)=O)ccc2n1. The Morgan fingerprint density at radius 2 is 2.06 bits per heavy atom. The predicted molar refractivity (Wildman–Crippen MR) is 73.5 cm³/mol. The van der Waals surface area contributed by atoms with Gasteiger partial charge in [0.25, 0.3) is 0 Å². The highest BCUT2D eigenvalue weighted by atomic mass is 16.1. The van der Waals surface area contributed by atoms with Crippen LogP contribution in [0.3, 0.4) is 0 Å². The molecular weight excluding hydrogens is 224 g/mol. The van der Waals surface area contributed by atoms with Crippen molar-refractivity contribution in [2.24, 2.45) is 5.73 Å². The van der Waals surface area contributed by atoms with Crippen LogP contribution in [-0.4, -0.2) is 10.9 Å². The molecular formula is C15H18N2O. The number of rotatable bonds is 5. The van der Waals surface area contributed by atoms with Gasteiger partial charge in [-0.15, -0.1) is 0 Å². The number of aromatic nitrogens is 1. The van der Waals surface area contributed by atoms with E-state index < -0.39 is 5.91 Å². The number of aryl methyl sites for hydroxylation is 1. The quantitative estimate of drug-likeness (QED) is 0.819. The molecule has 0 aliphatic carbocycles. The minimum absolute atomic E-state index is 0.399. The fraction of sp³-hybridized carbons (Fsp3) is 0.333.